The molecule has 0 aliphatic carbocycles. The van der Waals surface area contributed by atoms with Crippen molar-refractivity contribution in [2.75, 3.05) is 7.11 Å². The fraction of sp³-hybridized carbons (Fsp3) is 0.333. The summed E-state index contributed by atoms with van der Waals surface area (Å²) in [6.45, 7) is 3.33. The predicted octanol–water partition coefficient (Wildman–Crippen LogP) is 1.58. The fourth-order valence-electron chi connectivity index (χ4n) is 0.128. The standard InChI is InChI=1S/C3H5Cl2O2Si/c1-3(6-2)7-8(4)5/h1H2,2H3. The van der Waals surface area contributed by atoms with E-state index >= 15 is 0 Å². The molecule has 1 radical (unpaired) electrons. The minimum atomic E-state index is -1.73. The first-order valence-electron chi connectivity index (χ1n) is 1.75. The van der Waals surface area contributed by atoms with Gasteiger partial charge in [-0.15, -0.1) is 0 Å². The van der Waals surface area contributed by atoms with Gasteiger partial charge in [0.15, 0.2) is 0 Å². The smallest absolute Gasteiger partial charge is 0.490 e. The molecular formula is C3H5Cl2O2Si. The van der Waals surface area contributed by atoms with Crippen LogP contribution in [0.4, 0.5) is 0 Å². The lowest BCUT2D eigenvalue weighted by molar-refractivity contribution is 0.159. The Kier molecular flexibility index (Phi) is 4.13. The summed E-state index contributed by atoms with van der Waals surface area (Å²) in [5.41, 5.74) is 0. The van der Waals surface area contributed by atoms with E-state index in [1.165, 1.54) is 7.11 Å². The van der Waals surface area contributed by atoms with E-state index in [9.17, 15) is 0 Å². The van der Waals surface area contributed by atoms with Crippen LogP contribution in [0.1, 0.15) is 0 Å². The molecule has 0 saturated carbocycles. The zero-order chi connectivity index (χ0) is 6.57. The highest BCUT2D eigenvalue weighted by Gasteiger charge is 2.06. The van der Waals surface area contributed by atoms with Gasteiger partial charge in [0, 0.05) is 0 Å². The van der Waals surface area contributed by atoms with Crippen molar-refractivity contribution < 1.29 is 9.16 Å². The Morgan fingerprint density at radius 2 is 2.12 bits per heavy atom. The van der Waals surface area contributed by atoms with Gasteiger partial charge in [-0.05, 0) is 6.58 Å². The molecule has 0 amide bonds. The van der Waals surface area contributed by atoms with Gasteiger partial charge < -0.3 is 9.16 Å². The molecule has 0 aromatic heterocycles. The second-order valence-corrected chi connectivity index (χ2v) is 4.20. The second-order valence-electron chi connectivity index (χ2n) is 0.904. The largest absolute Gasteiger partial charge is 0.513 e. The zero-order valence-electron chi connectivity index (χ0n) is 4.28. The molecule has 2 nitrogen and oxygen atoms in total. The number of hydrogen-bond acceptors (Lipinski definition) is 2. The fourth-order valence-corrected chi connectivity index (χ4v) is 0.899. The molecule has 8 heavy (non-hydrogen) atoms. The summed E-state index contributed by atoms with van der Waals surface area (Å²) in [5, 5.41) is 0. The maximum atomic E-state index is 5.26. The topological polar surface area (TPSA) is 18.5 Å². The average molecular weight is 172 g/mol. The highest BCUT2D eigenvalue weighted by molar-refractivity contribution is 7.30. The van der Waals surface area contributed by atoms with Crippen LogP contribution >= 0.6 is 22.2 Å². The normalized spacial score (nSPS) is 9.00. The average Bonchev–Trinajstić information content (AvgIpc) is 1.65. The van der Waals surface area contributed by atoms with E-state index in [2.05, 4.69) is 15.7 Å². The lowest BCUT2D eigenvalue weighted by Crippen LogP contribution is -2.01. The number of halogens is 2. The van der Waals surface area contributed by atoms with Crippen LogP contribution in [0.25, 0.3) is 0 Å². The van der Waals surface area contributed by atoms with Gasteiger partial charge in [0.05, 0.1) is 7.11 Å². The SMILES string of the molecule is C=C(OC)O[Si](Cl)Cl. The molecule has 0 aliphatic rings. The first kappa shape index (κ1) is 8.14. The number of rotatable bonds is 3. The summed E-state index contributed by atoms with van der Waals surface area (Å²) in [5.74, 6) is 0.156. The number of hydrogen-bond donors (Lipinski definition) is 0. The Morgan fingerprint density at radius 3 is 2.25 bits per heavy atom. The van der Waals surface area contributed by atoms with Crippen molar-refractivity contribution in [3.05, 3.63) is 12.5 Å². The van der Waals surface area contributed by atoms with Gasteiger partial charge in [0.25, 0.3) is 5.95 Å². The van der Waals surface area contributed by atoms with Crippen molar-refractivity contribution >= 4 is 29.8 Å². The van der Waals surface area contributed by atoms with Crippen LogP contribution < -0.4 is 0 Å². The predicted molar refractivity (Wildman–Crippen MR) is 34.7 cm³/mol. The monoisotopic (exact) mass is 171 g/mol. The number of ether oxygens (including phenoxy) is 1. The summed E-state index contributed by atoms with van der Waals surface area (Å²) in [4.78, 5) is 0. The minimum absolute atomic E-state index is 0.156. The van der Waals surface area contributed by atoms with E-state index in [4.69, 9.17) is 22.2 Å². The third-order valence-electron chi connectivity index (χ3n) is 0.419. The molecule has 5 heteroatoms. The minimum Gasteiger partial charge on any atom is -0.490 e. The van der Waals surface area contributed by atoms with Crippen molar-refractivity contribution in [2.24, 2.45) is 0 Å². The molecule has 0 spiro atoms. The van der Waals surface area contributed by atoms with Crippen molar-refractivity contribution in [3.8, 4) is 0 Å². The molecule has 0 aromatic carbocycles. The van der Waals surface area contributed by atoms with Crippen molar-refractivity contribution in [1.29, 1.82) is 0 Å². The van der Waals surface area contributed by atoms with E-state index in [1.54, 1.807) is 0 Å². The van der Waals surface area contributed by atoms with E-state index < -0.39 is 7.66 Å². The van der Waals surface area contributed by atoms with Gasteiger partial charge in [-0.1, -0.05) is 22.2 Å². The van der Waals surface area contributed by atoms with Crippen molar-refractivity contribution in [3.63, 3.8) is 0 Å². The highest BCUT2D eigenvalue weighted by atomic mass is 35.7. The summed E-state index contributed by atoms with van der Waals surface area (Å²) in [7, 11) is -0.294. The van der Waals surface area contributed by atoms with Crippen LogP contribution in [0.3, 0.4) is 0 Å². The van der Waals surface area contributed by atoms with Crippen LogP contribution in [0.5, 0.6) is 0 Å². The highest BCUT2D eigenvalue weighted by Crippen LogP contribution is 2.03. The summed E-state index contributed by atoms with van der Waals surface area (Å²) < 4.78 is 9.12. The second kappa shape index (κ2) is 4.06. The molecule has 47 valence electrons. The maximum absolute atomic E-state index is 5.26. The summed E-state index contributed by atoms with van der Waals surface area (Å²) >= 11 is 10.5. The van der Waals surface area contributed by atoms with Crippen molar-refractivity contribution in [2.45, 2.75) is 0 Å². The van der Waals surface area contributed by atoms with E-state index in [1.807, 2.05) is 0 Å². The molecule has 0 saturated heterocycles. The van der Waals surface area contributed by atoms with Crippen LogP contribution in [-0.2, 0) is 9.16 Å². The van der Waals surface area contributed by atoms with Crippen LogP contribution in [0, 0.1) is 0 Å². The van der Waals surface area contributed by atoms with Crippen LogP contribution in [0.2, 0.25) is 0 Å². The first-order valence-corrected chi connectivity index (χ1v) is 5.18. The van der Waals surface area contributed by atoms with E-state index in [0.717, 1.165) is 0 Å². The molecular weight excluding hydrogens is 167 g/mol. The summed E-state index contributed by atoms with van der Waals surface area (Å²) in [6.07, 6.45) is 0. The van der Waals surface area contributed by atoms with Gasteiger partial charge in [0.2, 0.25) is 0 Å². The number of methoxy groups -OCH3 is 1. The van der Waals surface area contributed by atoms with Gasteiger partial charge in [0.1, 0.15) is 0 Å². The maximum Gasteiger partial charge on any atom is 0.513 e. The summed E-state index contributed by atoms with van der Waals surface area (Å²) in [6, 6.07) is 0. The van der Waals surface area contributed by atoms with Crippen LogP contribution in [0.15, 0.2) is 12.5 Å². The molecule has 0 heterocycles. The first-order chi connectivity index (χ1) is 3.66. The molecule has 0 N–H and O–H groups in total. The lowest BCUT2D eigenvalue weighted by Gasteiger charge is -2.03. The van der Waals surface area contributed by atoms with Gasteiger partial charge in [-0.25, -0.2) is 0 Å². The Hall–Kier alpha value is 0.137. The third-order valence-corrected chi connectivity index (χ3v) is 1.26. The third kappa shape index (κ3) is 4.30. The molecule has 0 aliphatic heterocycles. The molecule has 0 atom stereocenters. The van der Waals surface area contributed by atoms with Crippen molar-refractivity contribution in [1.82, 2.24) is 0 Å². The van der Waals surface area contributed by atoms with Gasteiger partial charge >= 0.3 is 7.66 Å². The molecule has 0 rings (SSSR count). The van der Waals surface area contributed by atoms with E-state index in [-0.39, 0.29) is 5.95 Å². The Balaban J connectivity index is 3.25. The van der Waals surface area contributed by atoms with Crippen LogP contribution in [-0.4, -0.2) is 14.8 Å². The Labute approximate surface area is 59.1 Å². The zero-order valence-corrected chi connectivity index (χ0v) is 6.79. The molecule has 0 aromatic rings. The Bertz CT molecular complexity index is 85.4. The molecule has 0 bridgehead atoms. The Morgan fingerprint density at radius 1 is 1.62 bits per heavy atom. The lowest BCUT2D eigenvalue weighted by atomic mass is 11.0. The molecule has 0 fully saturated rings. The van der Waals surface area contributed by atoms with Gasteiger partial charge in [-0.3, -0.25) is 0 Å². The quantitative estimate of drug-likeness (QED) is 0.365. The van der Waals surface area contributed by atoms with Gasteiger partial charge in [-0.2, -0.15) is 0 Å². The van der Waals surface area contributed by atoms with E-state index in [0.29, 0.717) is 0 Å². The molecule has 0 unspecified atom stereocenters.